The summed E-state index contributed by atoms with van der Waals surface area (Å²) in [6.45, 7) is 6.00. The quantitative estimate of drug-likeness (QED) is 0.678. The molecule has 0 radical (unpaired) electrons. The van der Waals surface area contributed by atoms with E-state index in [0.717, 1.165) is 30.8 Å². The molecule has 2 rings (SSSR count). The molecule has 0 saturated heterocycles. The van der Waals surface area contributed by atoms with Gasteiger partial charge in [-0.1, -0.05) is 6.92 Å². The summed E-state index contributed by atoms with van der Waals surface area (Å²) in [4.78, 5) is 11.8. The summed E-state index contributed by atoms with van der Waals surface area (Å²) in [6, 6.07) is 0.292. The van der Waals surface area contributed by atoms with Crippen molar-refractivity contribution in [3.8, 4) is 0 Å². The lowest BCUT2D eigenvalue weighted by Crippen LogP contribution is -2.36. The van der Waals surface area contributed by atoms with Gasteiger partial charge in [0.25, 0.3) is 0 Å². The minimum absolute atomic E-state index is 0.213. The van der Waals surface area contributed by atoms with Crippen molar-refractivity contribution in [2.75, 3.05) is 13.1 Å². The molecule has 2 aliphatic rings. The van der Waals surface area contributed by atoms with Crippen LogP contribution in [0.5, 0.6) is 0 Å². The molecule has 3 nitrogen and oxygen atoms in total. The van der Waals surface area contributed by atoms with Gasteiger partial charge in [0.05, 0.1) is 0 Å². The molecule has 1 atom stereocenters. The number of hydrogen-bond donors (Lipinski definition) is 2. The van der Waals surface area contributed by atoms with Gasteiger partial charge in [-0.3, -0.25) is 4.79 Å². The third kappa shape index (κ3) is 4.30. The molecule has 2 N–H and O–H groups in total. The number of amides is 1. The molecule has 0 aromatic heterocycles. The second kappa shape index (κ2) is 5.85. The van der Waals surface area contributed by atoms with E-state index < -0.39 is 0 Å². The van der Waals surface area contributed by atoms with E-state index in [1.807, 2.05) is 0 Å². The van der Waals surface area contributed by atoms with Gasteiger partial charge in [0.2, 0.25) is 5.91 Å². The summed E-state index contributed by atoms with van der Waals surface area (Å²) in [5, 5.41) is 6.41. The van der Waals surface area contributed by atoms with Gasteiger partial charge in [-0.05, 0) is 56.9 Å². The Hall–Kier alpha value is -0.570. The third-order valence-electron chi connectivity index (χ3n) is 4.03. The van der Waals surface area contributed by atoms with Gasteiger partial charge in [0.1, 0.15) is 0 Å². The fourth-order valence-corrected chi connectivity index (χ4v) is 2.77. The zero-order valence-electron chi connectivity index (χ0n) is 11.2. The van der Waals surface area contributed by atoms with Crippen LogP contribution in [0.2, 0.25) is 0 Å². The minimum Gasteiger partial charge on any atom is -0.356 e. The van der Waals surface area contributed by atoms with E-state index in [2.05, 4.69) is 24.5 Å². The van der Waals surface area contributed by atoms with E-state index >= 15 is 0 Å². The lowest BCUT2D eigenvalue weighted by Gasteiger charge is -2.17. The summed E-state index contributed by atoms with van der Waals surface area (Å²) in [5.74, 6) is 2.85. The fourth-order valence-electron chi connectivity index (χ4n) is 2.77. The fraction of sp³-hybridized carbons (Fsp3) is 0.929. The van der Waals surface area contributed by atoms with E-state index in [9.17, 15) is 4.79 Å². The average Bonchev–Trinajstić information content (AvgIpc) is 3.13. The van der Waals surface area contributed by atoms with Crippen LogP contribution in [-0.2, 0) is 4.79 Å². The Labute approximate surface area is 105 Å². The number of hydrogen-bond acceptors (Lipinski definition) is 2. The number of carbonyl (C=O) groups excluding carboxylic acids is 1. The van der Waals surface area contributed by atoms with Gasteiger partial charge in [0, 0.05) is 19.0 Å². The Morgan fingerprint density at radius 3 is 2.29 bits per heavy atom. The van der Waals surface area contributed by atoms with E-state index in [1.54, 1.807) is 0 Å². The lowest BCUT2D eigenvalue weighted by atomic mass is 9.98. The number of carbonyl (C=O) groups is 1. The van der Waals surface area contributed by atoms with Gasteiger partial charge >= 0.3 is 0 Å². The first kappa shape index (κ1) is 12.9. The summed E-state index contributed by atoms with van der Waals surface area (Å²) in [5.41, 5.74) is 0. The highest BCUT2D eigenvalue weighted by Crippen LogP contribution is 2.48. The van der Waals surface area contributed by atoms with E-state index in [1.165, 1.54) is 25.7 Å². The van der Waals surface area contributed by atoms with Crippen molar-refractivity contribution < 1.29 is 4.79 Å². The second-order valence-electron chi connectivity index (χ2n) is 5.81. The van der Waals surface area contributed by atoms with Crippen molar-refractivity contribution in [1.82, 2.24) is 10.6 Å². The van der Waals surface area contributed by atoms with Crippen LogP contribution in [0.25, 0.3) is 0 Å². The van der Waals surface area contributed by atoms with Gasteiger partial charge in [-0.15, -0.1) is 0 Å². The maximum Gasteiger partial charge on any atom is 0.221 e. The zero-order chi connectivity index (χ0) is 12.3. The third-order valence-corrected chi connectivity index (χ3v) is 4.03. The SMILES string of the molecule is CCNC(C)CC(=O)NCC(C1CC1)C1CC1. The van der Waals surface area contributed by atoms with Crippen LogP contribution in [0.1, 0.15) is 46.0 Å². The molecule has 2 fully saturated rings. The topological polar surface area (TPSA) is 41.1 Å². The van der Waals surface area contributed by atoms with Crippen LogP contribution in [0.3, 0.4) is 0 Å². The lowest BCUT2D eigenvalue weighted by molar-refractivity contribution is -0.121. The molecule has 2 aliphatic carbocycles. The molecule has 3 heteroatoms. The molecule has 0 heterocycles. The Kier molecular flexibility index (Phi) is 4.43. The van der Waals surface area contributed by atoms with E-state index in [0.29, 0.717) is 12.5 Å². The molecule has 2 saturated carbocycles. The van der Waals surface area contributed by atoms with Crippen LogP contribution in [0.4, 0.5) is 0 Å². The molecule has 1 amide bonds. The van der Waals surface area contributed by atoms with Crippen molar-refractivity contribution in [3.05, 3.63) is 0 Å². The Morgan fingerprint density at radius 1 is 1.24 bits per heavy atom. The monoisotopic (exact) mass is 238 g/mol. The Morgan fingerprint density at radius 2 is 1.82 bits per heavy atom. The molecule has 0 aromatic rings. The second-order valence-corrected chi connectivity index (χ2v) is 5.81. The standard InChI is InChI=1S/C14H26N2O/c1-3-15-10(2)8-14(17)16-9-13(11-4-5-11)12-6-7-12/h10-13,15H,3-9H2,1-2H3,(H,16,17). The first-order valence-corrected chi connectivity index (χ1v) is 7.20. The van der Waals surface area contributed by atoms with Gasteiger partial charge in [-0.25, -0.2) is 0 Å². The molecular formula is C14H26N2O. The van der Waals surface area contributed by atoms with Gasteiger partial charge in [0.15, 0.2) is 0 Å². The number of nitrogens with one attached hydrogen (secondary N) is 2. The largest absolute Gasteiger partial charge is 0.356 e. The van der Waals surface area contributed by atoms with Crippen LogP contribution >= 0.6 is 0 Å². The van der Waals surface area contributed by atoms with E-state index in [-0.39, 0.29) is 5.91 Å². The molecular weight excluding hydrogens is 212 g/mol. The normalized spacial score (nSPS) is 21.6. The Balaban J connectivity index is 1.64. The Bertz CT molecular complexity index is 247. The summed E-state index contributed by atoms with van der Waals surface area (Å²) >= 11 is 0. The average molecular weight is 238 g/mol. The first-order valence-electron chi connectivity index (χ1n) is 7.20. The van der Waals surface area contributed by atoms with Crippen LogP contribution in [0, 0.1) is 17.8 Å². The van der Waals surface area contributed by atoms with Crippen molar-refractivity contribution in [2.45, 2.75) is 52.0 Å². The predicted molar refractivity (Wildman–Crippen MR) is 69.7 cm³/mol. The molecule has 0 spiro atoms. The van der Waals surface area contributed by atoms with Crippen molar-refractivity contribution in [3.63, 3.8) is 0 Å². The molecule has 17 heavy (non-hydrogen) atoms. The summed E-state index contributed by atoms with van der Waals surface area (Å²) in [7, 11) is 0. The smallest absolute Gasteiger partial charge is 0.221 e. The zero-order valence-corrected chi connectivity index (χ0v) is 11.2. The van der Waals surface area contributed by atoms with Crippen LogP contribution in [-0.4, -0.2) is 25.0 Å². The molecule has 0 aromatic carbocycles. The number of rotatable bonds is 8. The highest BCUT2D eigenvalue weighted by molar-refractivity contribution is 5.76. The van der Waals surface area contributed by atoms with Crippen LogP contribution < -0.4 is 10.6 Å². The molecule has 0 bridgehead atoms. The van der Waals surface area contributed by atoms with Gasteiger partial charge < -0.3 is 10.6 Å². The molecule has 98 valence electrons. The highest BCUT2D eigenvalue weighted by atomic mass is 16.1. The maximum absolute atomic E-state index is 11.8. The van der Waals surface area contributed by atoms with Crippen LogP contribution in [0.15, 0.2) is 0 Å². The van der Waals surface area contributed by atoms with Crippen molar-refractivity contribution in [1.29, 1.82) is 0 Å². The van der Waals surface area contributed by atoms with Crippen molar-refractivity contribution >= 4 is 5.91 Å². The molecule has 1 unspecified atom stereocenters. The highest BCUT2D eigenvalue weighted by Gasteiger charge is 2.41. The summed E-state index contributed by atoms with van der Waals surface area (Å²) in [6.07, 6.45) is 6.18. The van der Waals surface area contributed by atoms with Gasteiger partial charge in [-0.2, -0.15) is 0 Å². The predicted octanol–water partition coefficient (Wildman–Crippen LogP) is 1.93. The minimum atomic E-state index is 0.213. The van der Waals surface area contributed by atoms with Crippen molar-refractivity contribution in [2.24, 2.45) is 17.8 Å². The first-order chi connectivity index (χ1) is 8.20. The summed E-state index contributed by atoms with van der Waals surface area (Å²) < 4.78 is 0. The molecule has 0 aliphatic heterocycles. The maximum atomic E-state index is 11.8. The van der Waals surface area contributed by atoms with E-state index in [4.69, 9.17) is 0 Å².